The van der Waals surface area contributed by atoms with Gasteiger partial charge in [-0.25, -0.2) is 9.78 Å². The van der Waals surface area contributed by atoms with Crippen molar-refractivity contribution in [2.24, 2.45) is 0 Å². The summed E-state index contributed by atoms with van der Waals surface area (Å²) >= 11 is 1.44. The van der Waals surface area contributed by atoms with Gasteiger partial charge in [0.15, 0.2) is 5.13 Å². The molecule has 1 aromatic carbocycles. The van der Waals surface area contributed by atoms with Gasteiger partial charge in [0.05, 0.1) is 22.2 Å². The highest BCUT2D eigenvalue weighted by Crippen LogP contribution is 2.39. The summed E-state index contributed by atoms with van der Waals surface area (Å²) in [4.78, 5) is 25.2. The molecule has 2 N–H and O–H groups in total. The van der Waals surface area contributed by atoms with E-state index < -0.39 is 0 Å². The molecule has 1 saturated heterocycles. The summed E-state index contributed by atoms with van der Waals surface area (Å²) in [6.07, 6.45) is 0. The smallest absolute Gasteiger partial charge is 0.317 e. The van der Waals surface area contributed by atoms with Gasteiger partial charge in [-0.1, -0.05) is 23.5 Å². The number of aromatic nitrogens is 2. The number of rotatable bonds is 3. The highest BCUT2D eigenvalue weighted by molar-refractivity contribution is 7.19. The molecule has 1 aliphatic rings. The van der Waals surface area contributed by atoms with Crippen molar-refractivity contribution in [3.8, 4) is 27.8 Å². The molecule has 0 radical (unpaired) electrons. The van der Waals surface area contributed by atoms with Crippen molar-refractivity contribution in [2.75, 3.05) is 18.4 Å². The molecule has 3 aromatic rings. The van der Waals surface area contributed by atoms with Gasteiger partial charge in [0.2, 0.25) is 0 Å². The van der Waals surface area contributed by atoms with Crippen LogP contribution in [0, 0.1) is 25.2 Å². The molecule has 7 nitrogen and oxygen atoms in total. The van der Waals surface area contributed by atoms with Gasteiger partial charge in [-0.3, -0.25) is 10.3 Å². The number of anilines is 1. The van der Waals surface area contributed by atoms with E-state index in [9.17, 15) is 10.1 Å². The Morgan fingerprint density at radius 1 is 1.12 bits per heavy atom. The maximum Gasteiger partial charge on any atom is 0.324 e. The summed E-state index contributed by atoms with van der Waals surface area (Å²) in [6, 6.07) is 13.6. The Kier molecular flexibility index (Phi) is 6.21. The summed E-state index contributed by atoms with van der Waals surface area (Å²) < 4.78 is 0. The fraction of sp³-hybridized carbons (Fsp3) is 0.333. The van der Waals surface area contributed by atoms with E-state index in [1.54, 1.807) is 6.07 Å². The monoisotopic (exact) mass is 446 g/mol. The Balaban J connectivity index is 1.75. The molecule has 2 aromatic heterocycles. The number of benzene rings is 1. The molecule has 1 unspecified atom stereocenters. The standard InChI is InChI=1S/C24H26N6OS/c1-14-8-20(9-15(2)27-14)22-21(19-7-5-6-18(10-19)11-25)28-23(32-22)29-24(31)30-16(3)12-26-13-17(30)4/h5-10,16-17,26H,12-13H2,1-4H3,(H,28,29,31)/t16-,17?/m1/s1. The minimum atomic E-state index is -0.147. The third-order valence-electron chi connectivity index (χ3n) is 5.51. The van der Waals surface area contributed by atoms with E-state index in [0.29, 0.717) is 10.7 Å². The maximum absolute atomic E-state index is 13.1. The largest absolute Gasteiger partial charge is 0.324 e. The van der Waals surface area contributed by atoms with Crippen LogP contribution in [0.25, 0.3) is 21.7 Å². The van der Waals surface area contributed by atoms with Crippen LogP contribution in [0.1, 0.15) is 30.8 Å². The number of nitrogens with one attached hydrogen (secondary N) is 2. The quantitative estimate of drug-likeness (QED) is 0.614. The average Bonchev–Trinajstić information content (AvgIpc) is 3.17. The fourth-order valence-electron chi connectivity index (χ4n) is 4.16. The number of aryl methyl sites for hydroxylation is 2. The van der Waals surface area contributed by atoms with Crippen molar-refractivity contribution in [1.29, 1.82) is 5.26 Å². The molecule has 0 saturated carbocycles. The zero-order chi connectivity index (χ0) is 22.8. The van der Waals surface area contributed by atoms with Crippen molar-refractivity contribution < 1.29 is 4.79 Å². The van der Waals surface area contributed by atoms with E-state index in [-0.39, 0.29) is 18.1 Å². The maximum atomic E-state index is 13.1. The zero-order valence-electron chi connectivity index (χ0n) is 18.6. The summed E-state index contributed by atoms with van der Waals surface area (Å²) in [5, 5.41) is 16.2. The van der Waals surface area contributed by atoms with Crippen LogP contribution in [0.15, 0.2) is 36.4 Å². The fourth-order valence-corrected chi connectivity index (χ4v) is 5.12. The van der Waals surface area contributed by atoms with Gasteiger partial charge in [-0.2, -0.15) is 5.26 Å². The number of pyridine rings is 1. The van der Waals surface area contributed by atoms with Crippen LogP contribution in [0.2, 0.25) is 0 Å². The molecule has 164 valence electrons. The lowest BCUT2D eigenvalue weighted by Crippen LogP contribution is -2.58. The molecule has 2 amide bonds. The Morgan fingerprint density at radius 3 is 2.47 bits per heavy atom. The average molecular weight is 447 g/mol. The van der Waals surface area contributed by atoms with Gasteiger partial charge in [0, 0.05) is 42.1 Å². The second kappa shape index (κ2) is 9.07. The predicted molar refractivity (Wildman–Crippen MR) is 128 cm³/mol. The molecule has 0 bridgehead atoms. The summed E-state index contributed by atoms with van der Waals surface area (Å²) in [6.45, 7) is 9.53. The number of carbonyl (C=O) groups excluding carboxylic acids is 1. The van der Waals surface area contributed by atoms with Crippen LogP contribution in [0.3, 0.4) is 0 Å². The van der Waals surface area contributed by atoms with Crippen molar-refractivity contribution in [2.45, 2.75) is 39.8 Å². The molecule has 0 aliphatic carbocycles. The van der Waals surface area contributed by atoms with E-state index in [0.717, 1.165) is 46.2 Å². The molecule has 32 heavy (non-hydrogen) atoms. The Morgan fingerprint density at radius 2 is 1.81 bits per heavy atom. The Hall–Kier alpha value is -3.28. The van der Waals surface area contributed by atoms with Gasteiger partial charge in [0.25, 0.3) is 0 Å². The van der Waals surface area contributed by atoms with Crippen LogP contribution in [-0.2, 0) is 0 Å². The number of hydrogen-bond acceptors (Lipinski definition) is 6. The van der Waals surface area contributed by atoms with Gasteiger partial charge in [-0.05, 0) is 57.5 Å². The summed E-state index contributed by atoms with van der Waals surface area (Å²) in [5.74, 6) is 0. The molecule has 1 aliphatic heterocycles. The number of nitrogens with zero attached hydrogens (tertiary/aromatic N) is 4. The highest BCUT2D eigenvalue weighted by atomic mass is 32.1. The number of carbonyl (C=O) groups is 1. The minimum Gasteiger partial charge on any atom is -0.317 e. The number of nitriles is 1. The minimum absolute atomic E-state index is 0.0930. The number of amides is 2. The van der Waals surface area contributed by atoms with E-state index in [4.69, 9.17) is 4.98 Å². The van der Waals surface area contributed by atoms with E-state index in [1.807, 2.05) is 62.9 Å². The number of urea groups is 1. The van der Waals surface area contributed by atoms with Crippen molar-refractivity contribution in [3.05, 3.63) is 53.3 Å². The molecule has 8 heteroatoms. The molecule has 4 rings (SSSR count). The van der Waals surface area contributed by atoms with E-state index in [1.165, 1.54) is 11.3 Å². The van der Waals surface area contributed by atoms with Crippen LogP contribution < -0.4 is 10.6 Å². The first-order valence-electron chi connectivity index (χ1n) is 10.6. The molecule has 1 fully saturated rings. The number of thiazole rings is 1. The Bertz CT molecular complexity index is 1170. The van der Waals surface area contributed by atoms with E-state index in [2.05, 4.69) is 21.7 Å². The van der Waals surface area contributed by atoms with Gasteiger partial charge in [0.1, 0.15) is 0 Å². The lowest BCUT2D eigenvalue weighted by atomic mass is 10.0. The Labute approximate surface area is 192 Å². The summed E-state index contributed by atoms with van der Waals surface area (Å²) in [7, 11) is 0. The lowest BCUT2D eigenvalue weighted by Gasteiger charge is -2.39. The van der Waals surface area contributed by atoms with Gasteiger partial charge in [-0.15, -0.1) is 0 Å². The van der Waals surface area contributed by atoms with Crippen LogP contribution in [-0.4, -0.2) is 46.1 Å². The number of hydrogen-bond donors (Lipinski definition) is 2. The first-order valence-corrected chi connectivity index (χ1v) is 11.4. The van der Waals surface area contributed by atoms with Crippen molar-refractivity contribution in [1.82, 2.24) is 20.2 Å². The molecule has 2 atom stereocenters. The topological polar surface area (TPSA) is 93.9 Å². The van der Waals surface area contributed by atoms with Crippen molar-refractivity contribution in [3.63, 3.8) is 0 Å². The predicted octanol–water partition coefficient (Wildman–Crippen LogP) is 4.57. The second-order valence-electron chi connectivity index (χ2n) is 8.22. The number of piperazine rings is 1. The first kappa shape index (κ1) is 21.9. The third-order valence-corrected chi connectivity index (χ3v) is 6.53. The van der Waals surface area contributed by atoms with Crippen molar-refractivity contribution >= 4 is 22.5 Å². The molecular weight excluding hydrogens is 420 g/mol. The second-order valence-corrected chi connectivity index (χ2v) is 9.22. The SMILES string of the molecule is Cc1cc(-c2sc(NC(=O)N3C(C)CNC[C@H]3C)nc2-c2cccc(C#N)c2)cc(C)n1. The van der Waals surface area contributed by atoms with Crippen LogP contribution in [0.4, 0.5) is 9.93 Å². The highest BCUT2D eigenvalue weighted by Gasteiger charge is 2.29. The van der Waals surface area contributed by atoms with Gasteiger partial charge >= 0.3 is 6.03 Å². The third kappa shape index (κ3) is 4.49. The molecule has 0 spiro atoms. The van der Waals surface area contributed by atoms with Crippen LogP contribution >= 0.6 is 11.3 Å². The molecule has 3 heterocycles. The van der Waals surface area contributed by atoms with E-state index >= 15 is 0 Å². The van der Waals surface area contributed by atoms with Gasteiger partial charge < -0.3 is 10.2 Å². The summed E-state index contributed by atoms with van der Waals surface area (Å²) in [5.41, 5.74) is 4.98. The first-order chi connectivity index (χ1) is 15.4. The van der Waals surface area contributed by atoms with Crippen LogP contribution in [0.5, 0.6) is 0 Å². The normalized spacial score (nSPS) is 18.3. The lowest BCUT2D eigenvalue weighted by molar-refractivity contribution is 0.143. The zero-order valence-corrected chi connectivity index (χ0v) is 19.5. The molecular formula is C24H26N6OS.